The zero-order valence-corrected chi connectivity index (χ0v) is 44.5. The number of anilines is 3. The second kappa shape index (κ2) is 18.5. The van der Waals surface area contributed by atoms with Crippen molar-refractivity contribution >= 4 is 38.6 Å². The second-order valence-corrected chi connectivity index (χ2v) is 21.8. The molecule has 2 aliphatic carbocycles. The first-order valence-corrected chi connectivity index (χ1v) is 27.6. The molecule has 2 aliphatic rings. The van der Waals surface area contributed by atoms with Gasteiger partial charge < -0.3 is 10.0 Å². The number of para-hydroxylation sites is 1. The van der Waals surface area contributed by atoms with E-state index in [1.807, 2.05) is 0 Å². The Morgan fingerprint density at radius 3 is 1.53 bits per heavy atom. The molecule has 0 saturated carbocycles. The van der Waals surface area contributed by atoms with Gasteiger partial charge in [0.05, 0.1) is 10.8 Å². The maximum atomic E-state index is 12.9. The predicted octanol–water partition coefficient (Wildman–Crippen LogP) is 19.7. The highest BCUT2D eigenvalue weighted by Gasteiger charge is 2.50. The van der Waals surface area contributed by atoms with Crippen LogP contribution in [0.3, 0.4) is 0 Å². The monoisotopic (exact) mass is 1000 g/mol. The molecular weight excluding hydrogens is 943 g/mol. The molecule has 1 N–H and O–H groups in total. The molecule has 78 heavy (non-hydrogen) atoms. The Morgan fingerprint density at radius 1 is 0.372 bits per heavy atom. The number of aromatic hydroxyl groups is 1. The highest BCUT2D eigenvalue weighted by Crippen LogP contribution is 2.61. The summed E-state index contributed by atoms with van der Waals surface area (Å²) in [6.45, 7) is 8.96. The minimum absolute atomic E-state index is 0.245. The van der Waals surface area contributed by atoms with Crippen LogP contribution in [0.25, 0.3) is 54.9 Å². The first kappa shape index (κ1) is 47.2. The van der Waals surface area contributed by atoms with Crippen LogP contribution in [0.2, 0.25) is 0 Å². The van der Waals surface area contributed by atoms with Gasteiger partial charge in [0.2, 0.25) is 0 Å². The maximum Gasteiger partial charge on any atom is 0.128 e. The standard InChI is InChI=1S/C76H59NO/c1-5-51(4)73-61-38-32-49(2)44-54(61)35-41-71(73)76(72-42-36-55-45-50(3)33-39-62(55)74(72)78)68-31-18-16-28-63(68)65-47-53(34-40-70(65)76)52-20-19-27-59(46-52)77(58-25-13-8-14-26-58)60-37-43-69-66(48-60)64-29-15-17-30-67(64)75(69,56-21-9-6-10-22-56)57-23-11-7-12-24-57/h6-48,51,78H,5H2,1-4H3/t51-,76?/m0/s1. The number of rotatable bonds is 10. The Bertz CT molecular complexity index is 4270. The van der Waals surface area contributed by atoms with Crippen molar-refractivity contribution < 1.29 is 5.11 Å². The van der Waals surface area contributed by atoms with Gasteiger partial charge >= 0.3 is 0 Å². The Kier molecular flexibility index (Phi) is 11.2. The molecule has 2 atom stereocenters. The molecule has 0 fully saturated rings. The number of phenols is 1. The Hall–Kier alpha value is -9.24. The van der Waals surface area contributed by atoms with Crippen LogP contribution in [0.4, 0.5) is 17.1 Å². The largest absolute Gasteiger partial charge is 0.507 e. The first-order chi connectivity index (χ1) is 38.3. The molecule has 1 unspecified atom stereocenters. The summed E-state index contributed by atoms with van der Waals surface area (Å²) in [5, 5.41) is 17.3. The number of aryl methyl sites for hydroxylation is 2. The minimum Gasteiger partial charge on any atom is -0.507 e. The van der Waals surface area contributed by atoms with Crippen molar-refractivity contribution in [2.75, 3.05) is 4.90 Å². The quantitative estimate of drug-likeness (QED) is 0.148. The summed E-state index contributed by atoms with van der Waals surface area (Å²) in [5.74, 6) is 0.572. The number of hydrogen-bond donors (Lipinski definition) is 1. The molecule has 12 aromatic carbocycles. The molecule has 0 bridgehead atoms. The molecule has 0 saturated heterocycles. The average molecular weight is 1000 g/mol. The van der Waals surface area contributed by atoms with Crippen LogP contribution in [0.5, 0.6) is 5.75 Å². The van der Waals surface area contributed by atoms with Gasteiger partial charge in [0.1, 0.15) is 5.75 Å². The molecule has 0 radical (unpaired) electrons. The molecule has 0 aliphatic heterocycles. The van der Waals surface area contributed by atoms with Crippen LogP contribution in [-0.2, 0) is 10.8 Å². The van der Waals surface area contributed by atoms with E-state index in [4.69, 9.17) is 0 Å². The summed E-state index contributed by atoms with van der Waals surface area (Å²) in [6, 6.07) is 96.4. The molecule has 2 heteroatoms. The van der Waals surface area contributed by atoms with Gasteiger partial charge in [-0.25, -0.2) is 0 Å². The molecule has 0 aromatic heterocycles. The summed E-state index contributed by atoms with van der Waals surface area (Å²) < 4.78 is 0. The van der Waals surface area contributed by atoms with E-state index in [9.17, 15) is 5.11 Å². The molecule has 0 spiro atoms. The van der Waals surface area contributed by atoms with Crippen LogP contribution in [0, 0.1) is 13.8 Å². The van der Waals surface area contributed by atoms with E-state index in [0.29, 0.717) is 5.75 Å². The van der Waals surface area contributed by atoms with Gasteiger partial charge in [0.25, 0.3) is 0 Å². The summed E-state index contributed by atoms with van der Waals surface area (Å²) in [6.07, 6.45) is 0.976. The fourth-order valence-electron chi connectivity index (χ4n) is 13.9. The second-order valence-electron chi connectivity index (χ2n) is 21.8. The number of nitrogens with zero attached hydrogens (tertiary/aromatic N) is 1. The van der Waals surface area contributed by atoms with Crippen molar-refractivity contribution in [1.82, 2.24) is 0 Å². The van der Waals surface area contributed by atoms with E-state index < -0.39 is 10.8 Å². The van der Waals surface area contributed by atoms with E-state index >= 15 is 0 Å². The van der Waals surface area contributed by atoms with Crippen LogP contribution in [0.15, 0.2) is 261 Å². The number of fused-ring (bicyclic) bond motifs is 8. The van der Waals surface area contributed by atoms with Crippen molar-refractivity contribution in [3.8, 4) is 39.1 Å². The average Bonchev–Trinajstić information content (AvgIpc) is 3.98. The van der Waals surface area contributed by atoms with Gasteiger partial charge in [-0.2, -0.15) is 0 Å². The fraction of sp³-hybridized carbons (Fsp3) is 0.105. The molecule has 374 valence electrons. The van der Waals surface area contributed by atoms with Crippen molar-refractivity contribution in [2.24, 2.45) is 0 Å². The number of hydrogen-bond acceptors (Lipinski definition) is 2. The lowest BCUT2D eigenvalue weighted by Crippen LogP contribution is -2.30. The van der Waals surface area contributed by atoms with Crippen LogP contribution in [-0.4, -0.2) is 5.11 Å². The maximum absolute atomic E-state index is 12.9. The molecule has 2 nitrogen and oxygen atoms in total. The Labute approximate surface area is 458 Å². The molecule has 0 heterocycles. The lowest BCUT2D eigenvalue weighted by atomic mass is 9.64. The van der Waals surface area contributed by atoms with Crippen molar-refractivity contribution in [1.29, 1.82) is 0 Å². The molecule has 0 amide bonds. The van der Waals surface area contributed by atoms with Crippen LogP contribution in [0.1, 0.15) is 87.4 Å². The highest BCUT2D eigenvalue weighted by atomic mass is 16.3. The third kappa shape index (κ3) is 7.02. The van der Waals surface area contributed by atoms with Gasteiger partial charge in [-0.05, 0) is 163 Å². The molecular formula is C76H59NO. The Balaban J connectivity index is 0.959. The SMILES string of the molecule is CC[C@H](C)c1c(C2(c3ccc4cc(C)ccc4c3O)c3ccccc3-c3cc(-c4cccc(N(c5ccccc5)c5ccc6c(c5)-c5ccccc5C6(c5ccccc5)c5ccccc5)c4)ccc32)ccc2cc(C)ccc12. The van der Waals surface area contributed by atoms with Crippen LogP contribution < -0.4 is 4.90 Å². The van der Waals surface area contributed by atoms with Gasteiger partial charge in [-0.1, -0.05) is 243 Å². The topological polar surface area (TPSA) is 23.5 Å². The van der Waals surface area contributed by atoms with Gasteiger partial charge in [-0.3, -0.25) is 0 Å². The zero-order chi connectivity index (χ0) is 52.7. The lowest BCUT2D eigenvalue weighted by Gasteiger charge is -2.37. The molecule has 12 aromatic rings. The third-order valence-corrected chi connectivity index (χ3v) is 17.5. The first-order valence-electron chi connectivity index (χ1n) is 27.6. The number of phenolic OH excluding ortho intramolecular Hbond substituents is 1. The summed E-state index contributed by atoms with van der Waals surface area (Å²) >= 11 is 0. The third-order valence-electron chi connectivity index (χ3n) is 17.5. The smallest absolute Gasteiger partial charge is 0.128 e. The predicted molar refractivity (Wildman–Crippen MR) is 326 cm³/mol. The Morgan fingerprint density at radius 2 is 0.859 bits per heavy atom. The van der Waals surface area contributed by atoms with Gasteiger partial charge in [0.15, 0.2) is 0 Å². The number of benzene rings is 12. The van der Waals surface area contributed by atoms with Gasteiger partial charge in [0, 0.05) is 28.0 Å². The van der Waals surface area contributed by atoms with Crippen LogP contribution >= 0.6 is 0 Å². The molecule has 14 rings (SSSR count). The normalized spacial score (nSPS) is 15.1. The summed E-state index contributed by atoms with van der Waals surface area (Å²) in [7, 11) is 0. The fourth-order valence-corrected chi connectivity index (χ4v) is 13.9. The van der Waals surface area contributed by atoms with Crippen molar-refractivity contribution in [3.05, 3.63) is 322 Å². The summed E-state index contributed by atoms with van der Waals surface area (Å²) in [4.78, 5) is 2.41. The van der Waals surface area contributed by atoms with E-state index in [0.717, 1.165) is 50.9 Å². The van der Waals surface area contributed by atoms with Gasteiger partial charge in [-0.15, -0.1) is 0 Å². The minimum atomic E-state index is -0.831. The van der Waals surface area contributed by atoms with Crippen molar-refractivity contribution in [3.63, 3.8) is 0 Å². The van der Waals surface area contributed by atoms with E-state index in [1.165, 1.54) is 88.7 Å². The highest BCUT2D eigenvalue weighted by molar-refractivity contribution is 5.98. The van der Waals surface area contributed by atoms with E-state index in [1.54, 1.807) is 0 Å². The zero-order valence-electron chi connectivity index (χ0n) is 44.5. The van der Waals surface area contributed by atoms with E-state index in [2.05, 4.69) is 293 Å². The lowest BCUT2D eigenvalue weighted by molar-refractivity contribution is 0.467. The van der Waals surface area contributed by atoms with E-state index in [-0.39, 0.29) is 5.92 Å². The summed E-state index contributed by atoms with van der Waals surface area (Å²) in [5.41, 5.74) is 22.3. The van der Waals surface area contributed by atoms with Crippen molar-refractivity contribution in [2.45, 2.75) is 50.9 Å².